The molecule has 1 aromatic carbocycles. The standard InChI is InChI=1S/C13H16O3S/c1-9(2)16-7-11-8-17(14,15)13-6-10(3)4-5-12(11)13/h4-6,8-9H,7H2,1-3H3. The Morgan fingerprint density at radius 3 is 2.65 bits per heavy atom. The van der Waals surface area contributed by atoms with Crippen LogP contribution in [0.1, 0.15) is 25.0 Å². The van der Waals surface area contributed by atoms with Crippen molar-refractivity contribution in [2.24, 2.45) is 0 Å². The van der Waals surface area contributed by atoms with Crippen molar-refractivity contribution in [2.45, 2.75) is 31.8 Å². The number of rotatable bonds is 3. The molecule has 0 spiro atoms. The first-order valence-electron chi connectivity index (χ1n) is 5.58. The highest BCUT2D eigenvalue weighted by Crippen LogP contribution is 2.34. The zero-order valence-corrected chi connectivity index (χ0v) is 11.0. The molecular weight excluding hydrogens is 236 g/mol. The lowest BCUT2D eigenvalue weighted by molar-refractivity contribution is 0.107. The van der Waals surface area contributed by atoms with E-state index in [1.54, 1.807) is 6.07 Å². The van der Waals surface area contributed by atoms with Gasteiger partial charge in [0.1, 0.15) is 0 Å². The van der Waals surface area contributed by atoms with Gasteiger partial charge in [-0.05, 0) is 43.5 Å². The fourth-order valence-electron chi connectivity index (χ4n) is 1.81. The van der Waals surface area contributed by atoms with Gasteiger partial charge < -0.3 is 4.74 Å². The lowest BCUT2D eigenvalue weighted by atomic mass is 10.1. The highest BCUT2D eigenvalue weighted by molar-refractivity contribution is 7.95. The molecule has 0 aliphatic carbocycles. The molecule has 0 amide bonds. The van der Waals surface area contributed by atoms with Gasteiger partial charge in [0, 0.05) is 5.41 Å². The van der Waals surface area contributed by atoms with E-state index >= 15 is 0 Å². The van der Waals surface area contributed by atoms with Crippen LogP contribution in [0.25, 0.3) is 5.57 Å². The monoisotopic (exact) mass is 252 g/mol. The van der Waals surface area contributed by atoms with Crippen molar-refractivity contribution in [3.63, 3.8) is 0 Å². The molecule has 0 bridgehead atoms. The Morgan fingerprint density at radius 1 is 1.29 bits per heavy atom. The number of hydrogen-bond donors (Lipinski definition) is 0. The Hall–Kier alpha value is -1.13. The minimum atomic E-state index is -3.27. The largest absolute Gasteiger partial charge is 0.374 e. The SMILES string of the molecule is Cc1ccc2c(c1)S(=O)(=O)C=C2COC(C)C. The van der Waals surface area contributed by atoms with Gasteiger partial charge in [-0.3, -0.25) is 0 Å². The maximum Gasteiger partial charge on any atom is 0.200 e. The van der Waals surface area contributed by atoms with Crippen molar-refractivity contribution in [3.05, 3.63) is 34.7 Å². The summed E-state index contributed by atoms with van der Waals surface area (Å²) in [7, 11) is -3.27. The van der Waals surface area contributed by atoms with Crippen LogP contribution in [0.15, 0.2) is 28.5 Å². The van der Waals surface area contributed by atoms with Gasteiger partial charge in [-0.2, -0.15) is 0 Å². The first kappa shape index (κ1) is 12.3. The zero-order chi connectivity index (χ0) is 12.6. The predicted molar refractivity (Wildman–Crippen MR) is 67.4 cm³/mol. The number of ether oxygens (including phenoxy) is 1. The molecule has 0 saturated carbocycles. The Labute approximate surface area is 102 Å². The molecule has 0 aromatic heterocycles. The van der Waals surface area contributed by atoms with Crippen molar-refractivity contribution in [1.29, 1.82) is 0 Å². The third kappa shape index (κ3) is 2.42. The van der Waals surface area contributed by atoms with E-state index in [9.17, 15) is 8.42 Å². The first-order valence-corrected chi connectivity index (χ1v) is 7.13. The molecule has 0 unspecified atom stereocenters. The van der Waals surface area contributed by atoms with E-state index in [1.807, 2.05) is 32.9 Å². The van der Waals surface area contributed by atoms with Crippen molar-refractivity contribution >= 4 is 15.4 Å². The summed E-state index contributed by atoms with van der Waals surface area (Å²) >= 11 is 0. The predicted octanol–water partition coefficient (Wildman–Crippen LogP) is 2.55. The van der Waals surface area contributed by atoms with E-state index in [0.29, 0.717) is 11.5 Å². The van der Waals surface area contributed by atoms with Gasteiger partial charge in [-0.25, -0.2) is 8.42 Å². The Morgan fingerprint density at radius 2 is 2.00 bits per heavy atom. The summed E-state index contributed by atoms with van der Waals surface area (Å²) in [6, 6.07) is 5.48. The van der Waals surface area contributed by atoms with E-state index in [1.165, 1.54) is 5.41 Å². The van der Waals surface area contributed by atoms with E-state index in [-0.39, 0.29) is 6.10 Å². The van der Waals surface area contributed by atoms with Crippen LogP contribution in [0.3, 0.4) is 0 Å². The maximum absolute atomic E-state index is 11.9. The first-order chi connectivity index (χ1) is 7.90. The molecule has 2 rings (SSSR count). The molecule has 1 aromatic rings. The number of benzene rings is 1. The Kier molecular flexibility index (Phi) is 3.10. The minimum Gasteiger partial charge on any atom is -0.374 e. The number of aryl methyl sites for hydroxylation is 1. The molecule has 0 N–H and O–H groups in total. The molecule has 0 atom stereocenters. The van der Waals surface area contributed by atoms with Crippen molar-refractivity contribution in [2.75, 3.05) is 6.61 Å². The van der Waals surface area contributed by atoms with Gasteiger partial charge in [-0.15, -0.1) is 0 Å². The second-order valence-corrected chi connectivity index (χ2v) is 6.31. The van der Waals surface area contributed by atoms with E-state index in [4.69, 9.17) is 4.74 Å². The van der Waals surface area contributed by atoms with Crippen LogP contribution in [0.4, 0.5) is 0 Å². The van der Waals surface area contributed by atoms with Crippen LogP contribution in [-0.4, -0.2) is 21.1 Å². The highest BCUT2D eigenvalue weighted by atomic mass is 32.2. The molecule has 0 saturated heterocycles. The van der Waals surface area contributed by atoms with Gasteiger partial charge in [0.2, 0.25) is 9.84 Å². The fraction of sp³-hybridized carbons (Fsp3) is 0.385. The molecular formula is C13H16O3S. The van der Waals surface area contributed by atoms with Crippen molar-refractivity contribution in [3.8, 4) is 0 Å². The molecule has 3 nitrogen and oxygen atoms in total. The summed E-state index contributed by atoms with van der Waals surface area (Å²) in [5.74, 6) is 0. The van der Waals surface area contributed by atoms with Crippen LogP contribution in [0.2, 0.25) is 0 Å². The molecule has 0 radical (unpaired) electrons. The third-order valence-electron chi connectivity index (χ3n) is 2.66. The maximum atomic E-state index is 11.9. The summed E-state index contributed by atoms with van der Waals surface area (Å²) in [6.07, 6.45) is 0.0908. The lowest BCUT2D eigenvalue weighted by Crippen LogP contribution is -2.04. The van der Waals surface area contributed by atoms with Crippen LogP contribution in [-0.2, 0) is 14.6 Å². The summed E-state index contributed by atoms with van der Waals surface area (Å²) in [5, 5.41) is 1.32. The van der Waals surface area contributed by atoms with Gasteiger partial charge in [-0.1, -0.05) is 12.1 Å². The molecule has 1 aliphatic heterocycles. The molecule has 1 aliphatic rings. The van der Waals surface area contributed by atoms with E-state index < -0.39 is 9.84 Å². The normalized spacial score (nSPS) is 17.1. The number of sulfone groups is 1. The average molecular weight is 252 g/mol. The summed E-state index contributed by atoms with van der Waals surface area (Å²) in [6.45, 7) is 6.09. The van der Waals surface area contributed by atoms with Crippen molar-refractivity contribution < 1.29 is 13.2 Å². The Bertz CT molecular complexity index is 568. The van der Waals surface area contributed by atoms with E-state index in [0.717, 1.165) is 16.7 Å². The fourth-order valence-corrected chi connectivity index (χ4v) is 3.37. The van der Waals surface area contributed by atoms with Gasteiger partial charge in [0.15, 0.2) is 0 Å². The quantitative estimate of drug-likeness (QED) is 0.830. The smallest absolute Gasteiger partial charge is 0.200 e. The molecule has 4 heteroatoms. The molecule has 0 fully saturated rings. The summed E-state index contributed by atoms with van der Waals surface area (Å²) in [5.41, 5.74) is 2.47. The summed E-state index contributed by atoms with van der Waals surface area (Å²) in [4.78, 5) is 0.403. The van der Waals surface area contributed by atoms with Crippen LogP contribution in [0, 0.1) is 6.92 Å². The molecule has 92 valence electrons. The third-order valence-corrected chi connectivity index (χ3v) is 4.20. The van der Waals surface area contributed by atoms with Crippen LogP contribution < -0.4 is 0 Å². The lowest BCUT2D eigenvalue weighted by Gasteiger charge is -2.09. The number of fused-ring (bicyclic) bond motifs is 1. The average Bonchev–Trinajstić information content (AvgIpc) is 2.48. The summed E-state index contributed by atoms with van der Waals surface area (Å²) < 4.78 is 29.3. The molecule has 17 heavy (non-hydrogen) atoms. The minimum absolute atomic E-state index is 0.0908. The van der Waals surface area contributed by atoms with Crippen LogP contribution in [0.5, 0.6) is 0 Å². The highest BCUT2D eigenvalue weighted by Gasteiger charge is 2.26. The zero-order valence-electron chi connectivity index (χ0n) is 10.2. The molecule has 1 heterocycles. The van der Waals surface area contributed by atoms with Gasteiger partial charge in [0.05, 0.1) is 17.6 Å². The van der Waals surface area contributed by atoms with Gasteiger partial charge >= 0.3 is 0 Å². The Balaban J connectivity index is 2.40. The van der Waals surface area contributed by atoms with Gasteiger partial charge in [0.25, 0.3) is 0 Å². The second-order valence-electron chi connectivity index (χ2n) is 4.55. The van der Waals surface area contributed by atoms with E-state index in [2.05, 4.69) is 0 Å². The second kappa shape index (κ2) is 4.27. The van der Waals surface area contributed by atoms with Crippen LogP contribution >= 0.6 is 0 Å². The number of hydrogen-bond acceptors (Lipinski definition) is 3. The van der Waals surface area contributed by atoms with Crippen molar-refractivity contribution in [1.82, 2.24) is 0 Å². The topological polar surface area (TPSA) is 43.4 Å².